The van der Waals surface area contributed by atoms with Crippen LogP contribution in [0.4, 0.5) is 0 Å². The number of unbranched alkanes of at least 4 members (excludes halogenated alkanes) is 3. The SMILES string of the molecule is C=CCCCCCc1ccc2c(c1O)ONC(=O)C=C2. The fraction of sp³-hybridized carbons (Fsp3) is 0.312. The van der Waals surface area contributed by atoms with Crippen LogP contribution < -0.4 is 10.3 Å². The zero-order valence-corrected chi connectivity index (χ0v) is 11.4. The van der Waals surface area contributed by atoms with Crippen molar-refractivity contribution in [1.29, 1.82) is 0 Å². The maximum atomic E-state index is 11.2. The highest BCUT2D eigenvalue weighted by atomic mass is 16.7. The van der Waals surface area contributed by atoms with E-state index < -0.39 is 0 Å². The third-order valence-electron chi connectivity index (χ3n) is 3.27. The van der Waals surface area contributed by atoms with Crippen molar-refractivity contribution in [2.75, 3.05) is 0 Å². The van der Waals surface area contributed by atoms with Crippen molar-refractivity contribution in [2.24, 2.45) is 0 Å². The summed E-state index contributed by atoms with van der Waals surface area (Å²) < 4.78 is 0. The number of carbonyl (C=O) groups is 1. The second-order valence-electron chi connectivity index (χ2n) is 4.78. The standard InChI is InChI=1S/C16H19NO3/c1-2-3-4-5-6-7-12-8-9-13-10-11-14(18)17-20-16(13)15(12)19/h2,8-11,19H,1,3-7H2,(H,17,18). The number of benzene rings is 1. The van der Waals surface area contributed by atoms with Gasteiger partial charge in [-0.25, -0.2) is 0 Å². The maximum absolute atomic E-state index is 11.2. The van der Waals surface area contributed by atoms with E-state index >= 15 is 0 Å². The fourth-order valence-electron chi connectivity index (χ4n) is 2.15. The Hall–Kier alpha value is -2.23. The van der Waals surface area contributed by atoms with Crippen LogP contribution in [0.1, 0.15) is 36.8 Å². The number of phenolic OH excluding ortho intramolecular Hbond substituents is 1. The van der Waals surface area contributed by atoms with Crippen molar-refractivity contribution >= 4 is 12.0 Å². The normalized spacial score (nSPS) is 13.1. The smallest absolute Gasteiger partial charge is 0.276 e. The molecule has 106 valence electrons. The molecule has 1 aromatic rings. The van der Waals surface area contributed by atoms with Crippen LogP contribution >= 0.6 is 0 Å². The van der Waals surface area contributed by atoms with Crippen LogP contribution in [0.2, 0.25) is 0 Å². The van der Waals surface area contributed by atoms with E-state index in [1.807, 2.05) is 18.2 Å². The number of phenols is 1. The van der Waals surface area contributed by atoms with Crippen LogP contribution in [0, 0.1) is 0 Å². The fourth-order valence-corrected chi connectivity index (χ4v) is 2.15. The van der Waals surface area contributed by atoms with Crippen molar-refractivity contribution < 1.29 is 14.7 Å². The quantitative estimate of drug-likeness (QED) is 0.618. The lowest BCUT2D eigenvalue weighted by atomic mass is 10.0. The molecule has 0 atom stereocenters. The van der Waals surface area contributed by atoms with Gasteiger partial charge in [0.1, 0.15) is 0 Å². The molecule has 0 spiro atoms. The predicted molar refractivity (Wildman–Crippen MR) is 78.3 cm³/mol. The molecular formula is C16H19NO3. The third-order valence-corrected chi connectivity index (χ3v) is 3.27. The average molecular weight is 273 g/mol. The van der Waals surface area contributed by atoms with Crippen LogP contribution in [0.3, 0.4) is 0 Å². The van der Waals surface area contributed by atoms with Crippen LogP contribution in [-0.4, -0.2) is 11.0 Å². The van der Waals surface area contributed by atoms with Crippen molar-refractivity contribution in [1.82, 2.24) is 5.48 Å². The summed E-state index contributed by atoms with van der Waals surface area (Å²) in [5.74, 6) is 0.0836. The number of fused-ring (bicyclic) bond motifs is 1. The van der Waals surface area contributed by atoms with E-state index in [4.69, 9.17) is 4.84 Å². The number of hydrogen-bond acceptors (Lipinski definition) is 3. The molecule has 4 heteroatoms. The Bertz CT molecular complexity index is 535. The number of amides is 1. The monoisotopic (exact) mass is 273 g/mol. The number of aromatic hydroxyl groups is 1. The molecule has 0 saturated heterocycles. The number of carbonyl (C=O) groups excluding carboxylic acids is 1. The molecule has 1 aromatic carbocycles. The van der Waals surface area contributed by atoms with Gasteiger partial charge in [-0.3, -0.25) is 4.79 Å². The van der Waals surface area contributed by atoms with Gasteiger partial charge in [0, 0.05) is 11.6 Å². The Morgan fingerprint density at radius 1 is 1.25 bits per heavy atom. The van der Waals surface area contributed by atoms with E-state index in [9.17, 15) is 9.90 Å². The molecule has 0 radical (unpaired) electrons. The number of hydroxylamine groups is 1. The summed E-state index contributed by atoms with van der Waals surface area (Å²) in [5.41, 5.74) is 3.79. The minimum atomic E-state index is -0.341. The molecule has 0 fully saturated rings. The average Bonchev–Trinajstić information content (AvgIpc) is 2.64. The first-order chi connectivity index (χ1) is 9.72. The van der Waals surface area contributed by atoms with Gasteiger partial charge in [0.15, 0.2) is 5.75 Å². The molecule has 2 rings (SSSR count). The maximum Gasteiger partial charge on any atom is 0.276 e. The van der Waals surface area contributed by atoms with Crippen molar-refractivity contribution in [3.8, 4) is 11.5 Å². The molecule has 1 amide bonds. The van der Waals surface area contributed by atoms with Gasteiger partial charge < -0.3 is 9.94 Å². The topological polar surface area (TPSA) is 58.6 Å². The molecule has 20 heavy (non-hydrogen) atoms. The van der Waals surface area contributed by atoms with Gasteiger partial charge in [0.05, 0.1) is 0 Å². The van der Waals surface area contributed by atoms with Gasteiger partial charge in [-0.1, -0.05) is 24.6 Å². The molecule has 0 aromatic heterocycles. The van der Waals surface area contributed by atoms with Gasteiger partial charge in [-0.2, -0.15) is 5.48 Å². The second kappa shape index (κ2) is 6.80. The Labute approximate surface area is 118 Å². The summed E-state index contributed by atoms with van der Waals surface area (Å²) >= 11 is 0. The first-order valence-electron chi connectivity index (χ1n) is 6.83. The lowest BCUT2D eigenvalue weighted by Crippen LogP contribution is -2.23. The molecule has 1 aliphatic rings. The van der Waals surface area contributed by atoms with E-state index in [1.165, 1.54) is 6.08 Å². The Balaban J connectivity index is 2.04. The van der Waals surface area contributed by atoms with Crippen molar-refractivity contribution in [2.45, 2.75) is 32.1 Å². The zero-order chi connectivity index (χ0) is 14.4. The Morgan fingerprint density at radius 2 is 2.10 bits per heavy atom. The first kappa shape index (κ1) is 14.2. The minimum absolute atomic E-state index is 0.109. The highest BCUT2D eigenvalue weighted by Gasteiger charge is 2.16. The Kier molecular flexibility index (Phi) is 4.82. The first-order valence-corrected chi connectivity index (χ1v) is 6.83. The van der Waals surface area contributed by atoms with Gasteiger partial charge in [-0.05, 0) is 37.3 Å². The predicted octanol–water partition coefficient (Wildman–Crippen LogP) is 3.12. The lowest BCUT2D eigenvalue weighted by Gasteiger charge is -2.11. The molecule has 1 aliphatic heterocycles. The molecule has 0 saturated carbocycles. The second-order valence-corrected chi connectivity index (χ2v) is 4.78. The van der Waals surface area contributed by atoms with Crippen LogP contribution in [-0.2, 0) is 11.2 Å². The van der Waals surface area contributed by atoms with Gasteiger partial charge in [-0.15, -0.1) is 6.58 Å². The van der Waals surface area contributed by atoms with Crippen LogP contribution in [0.25, 0.3) is 6.08 Å². The van der Waals surface area contributed by atoms with E-state index in [-0.39, 0.29) is 11.7 Å². The highest BCUT2D eigenvalue weighted by molar-refractivity contribution is 5.92. The van der Waals surface area contributed by atoms with Crippen molar-refractivity contribution in [3.05, 3.63) is 42.0 Å². The van der Waals surface area contributed by atoms with Crippen LogP contribution in [0.5, 0.6) is 11.5 Å². The largest absolute Gasteiger partial charge is 0.504 e. The summed E-state index contributed by atoms with van der Waals surface area (Å²) in [4.78, 5) is 16.4. The third kappa shape index (κ3) is 3.41. The molecular weight excluding hydrogens is 254 g/mol. The van der Waals surface area contributed by atoms with Crippen LogP contribution in [0.15, 0.2) is 30.9 Å². The molecule has 4 nitrogen and oxygen atoms in total. The zero-order valence-electron chi connectivity index (χ0n) is 11.4. The molecule has 0 unspecified atom stereocenters. The number of hydrogen-bond donors (Lipinski definition) is 2. The van der Waals surface area contributed by atoms with Gasteiger partial charge in [0.25, 0.3) is 5.91 Å². The summed E-state index contributed by atoms with van der Waals surface area (Å²) in [6, 6.07) is 3.73. The van der Waals surface area contributed by atoms with Crippen molar-refractivity contribution in [3.63, 3.8) is 0 Å². The summed E-state index contributed by atoms with van der Waals surface area (Å²) in [7, 11) is 0. The van der Waals surface area contributed by atoms with Gasteiger partial charge >= 0.3 is 0 Å². The number of allylic oxidation sites excluding steroid dienone is 1. The summed E-state index contributed by atoms with van der Waals surface area (Å²) in [6.45, 7) is 3.70. The molecule has 0 bridgehead atoms. The van der Waals surface area contributed by atoms with E-state index in [1.54, 1.807) is 6.08 Å². The number of aryl methyl sites for hydroxylation is 1. The molecule has 0 aliphatic carbocycles. The lowest BCUT2D eigenvalue weighted by molar-refractivity contribution is -0.122. The number of nitrogens with one attached hydrogen (secondary N) is 1. The van der Waals surface area contributed by atoms with E-state index in [0.717, 1.165) is 37.7 Å². The van der Waals surface area contributed by atoms with E-state index in [2.05, 4.69) is 12.1 Å². The summed E-state index contributed by atoms with van der Waals surface area (Å²) in [5, 5.41) is 10.2. The highest BCUT2D eigenvalue weighted by Crippen LogP contribution is 2.36. The van der Waals surface area contributed by atoms with Gasteiger partial charge in [0.2, 0.25) is 5.75 Å². The summed E-state index contributed by atoms with van der Waals surface area (Å²) in [6.07, 6.45) is 9.95. The number of rotatable bonds is 6. The molecule has 1 heterocycles. The Morgan fingerprint density at radius 3 is 2.90 bits per heavy atom. The minimum Gasteiger partial charge on any atom is -0.504 e. The van der Waals surface area contributed by atoms with E-state index in [0.29, 0.717) is 11.3 Å². The molecule has 2 N–H and O–H groups in total.